The maximum absolute atomic E-state index is 6.53. The minimum atomic E-state index is 0.207. The van der Waals surface area contributed by atoms with E-state index < -0.39 is 0 Å². The van der Waals surface area contributed by atoms with Crippen molar-refractivity contribution in [2.75, 3.05) is 0 Å². The highest BCUT2D eigenvalue weighted by Gasteiger charge is 2.35. The van der Waals surface area contributed by atoms with Gasteiger partial charge in [0, 0.05) is 10.9 Å². The van der Waals surface area contributed by atoms with Crippen LogP contribution in [0.1, 0.15) is 61.4 Å². The minimum absolute atomic E-state index is 0.207. The van der Waals surface area contributed by atoms with Crippen LogP contribution in [-0.4, -0.2) is 0 Å². The summed E-state index contributed by atoms with van der Waals surface area (Å²) in [6.45, 7) is 2.08. The SMILES string of the molecule is Cc1cc(C(N)C2CCC3CCCCC3C2)sc1Cl. The van der Waals surface area contributed by atoms with Gasteiger partial charge in [0.05, 0.1) is 4.34 Å². The van der Waals surface area contributed by atoms with Gasteiger partial charge in [-0.15, -0.1) is 11.3 Å². The van der Waals surface area contributed by atoms with E-state index in [1.807, 2.05) is 0 Å². The molecule has 106 valence electrons. The first-order chi connectivity index (χ1) is 9.15. The van der Waals surface area contributed by atoms with Crippen molar-refractivity contribution in [2.45, 2.75) is 57.9 Å². The van der Waals surface area contributed by atoms with E-state index in [0.717, 1.165) is 16.2 Å². The molecule has 4 atom stereocenters. The molecule has 1 heterocycles. The lowest BCUT2D eigenvalue weighted by Crippen LogP contribution is -2.32. The Bertz CT molecular complexity index is 422. The van der Waals surface area contributed by atoms with E-state index in [9.17, 15) is 0 Å². The fraction of sp³-hybridized carbons (Fsp3) is 0.750. The van der Waals surface area contributed by atoms with E-state index >= 15 is 0 Å². The van der Waals surface area contributed by atoms with Crippen molar-refractivity contribution < 1.29 is 0 Å². The number of rotatable bonds is 2. The van der Waals surface area contributed by atoms with Gasteiger partial charge < -0.3 is 5.73 Å². The van der Waals surface area contributed by atoms with Gasteiger partial charge in [-0.2, -0.15) is 0 Å². The van der Waals surface area contributed by atoms with Gasteiger partial charge in [-0.25, -0.2) is 0 Å². The molecule has 0 radical (unpaired) electrons. The minimum Gasteiger partial charge on any atom is -0.323 e. The second kappa shape index (κ2) is 5.75. The van der Waals surface area contributed by atoms with Crippen molar-refractivity contribution in [1.82, 2.24) is 0 Å². The first-order valence-electron chi connectivity index (χ1n) is 7.66. The van der Waals surface area contributed by atoms with Crippen molar-refractivity contribution in [1.29, 1.82) is 0 Å². The predicted octanol–water partition coefficient (Wildman–Crippen LogP) is 5.32. The lowest BCUT2D eigenvalue weighted by atomic mass is 9.66. The maximum Gasteiger partial charge on any atom is 0.0960 e. The van der Waals surface area contributed by atoms with Crippen LogP contribution in [0, 0.1) is 24.7 Å². The number of hydrogen-bond acceptors (Lipinski definition) is 2. The highest BCUT2D eigenvalue weighted by molar-refractivity contribution is 7.16. The van der Waals surface area contributed by atoms with Crippen LogP contribution in [-0.2, 0) is 0 Å². The molecule has 1 nitrogen and oxygen atoms in total. The molecule has 4 unspecified atom stereocenters. The summed E-state index contributed by atoms with van der Waals surface area (Å²) in [6, 6.07) is 2.41. The van der Waals surface area contributed by atoms with Crippen molar-refractivity contribution in [3.05, 3.63) is 20.8 Å². The zero-order valence-electron chi connectivity index (χ0n) is 11.7. The standard InChI is InChI=1S/C16H24ClNS/c1-10-8-14(19-16(10)17)15(18)13-7-6-11-4-2-3-5-12(11)9-13/h8,11-13,15H,2-7,9,18H2,1H3. The third-order valence-corrected chi connectivity index (χ3v) is 6.95. The predicted molar refractivity (Wildman–Crippen MR) is 83.8 cm³/mol. The van der Waals surface area contributed by atoms with E-state index in [-0.39, 0.29) is 6.04 Å². The summed E-state index contributed by atoms with van der Waals surface area (Å²) >= 11 is 7.87. The Kier molecular flexibility index (Phi) is 4.21. The number of fused-ring (bicyclic) bond motifs is 1. The second-order valence-electron chi connectivity index (χ2n) is 6.51. The Morgan fingerprint density at radius 1 is 1.21 bits per heavy atom. The zero-order valence-corrected chi connectivity index (χ0v) is 13.3. The Hall–Kier alpha value is -0.0500. The Morgan fingerprint density at radius 3 is 2.63 bits per heavy atom. The molecule has 2 aliphatic carbocycles. The van der Waals surface area contributed by atoms with Crippen LogP contribution < -0.4 is 5.73 Å². The average Bonchev–Trinajstić information content (AvgIpc) is 2.77. The van der Waals surface area contributed by atoms with Gasteiger partial charge >= 0.3 is 0 Å². The molecule has 2 saturated carbocycles. The van der Waals surface area contributed by atoms with E-state index in [1.54, 1.807) is 11.3 Å². The molecule has 3 heteroatoms. The first kappa shape index (κ1) is 13.9. The van der Waals surface area contributed by atoms with Crippen molar-refractivity contribution >= 4 is 22.9 Å². The Balaban J connectivity index is 1.68. The smallest absolute Gasteiger partial charge is 0.0960 e. The highest BCUT2D eigenvalue weighted by atomic mass is 35.5. The number of halogens is 1. The van der Waals surface area contributed by atoms with E-state index in [0.29, 0.717) is 5.92 Å². The zero-order chi connectivity index (χ0) is 13.4. The molecular formula is C16H24ClNS. The van der Waals surface area contributed by atoms with Crippen LogP contribution >= 0.6 is 22.9 Å². The van der Waals surface area contributed by atoms with Gasteiger partial charge in [0.25, 0.3) is 0 Å². The topological polar surface area (TPSA) is 26.0 Å². The van der Waals surface area contributed by atoms with Gasteiger partial charge in [-0.1, -0.05) is 37.3 Å². The molecule has 0 aliphatic heterocycles. The molecule has 2 N–H and O–H groups in total. The van der Waals surface area contributed by atoms with Gasteiger partial charge in [0.15, 0.2) is 0 Å². The summed E-state index contributed by atoms with van der Waals surface area (Å²) in [6.07, 6.45) is 9.87. The van der Waals surface area contributed by atoms with Crippen molar-refractivity contribution in [3.8, 4) is 0 Å². The summed E-state index contributed by atoms with van der Waals surface area (Å²) in [5.41, 5.74) is 7.71. The molecule has 0 spiro atoms. The molecule has 1 aromatic heterocycles. The largest absolute Gasteiger partial charge is 0.323 e. The van der Waals surface area contributed by atoms with Crippen molar-refractivity contribution in [3.63, 3.8) is 0 Å². The molecule has 2 fully saturated rings. The van der Waals surface area contributed by atoms with Gasteiger partial charge in [0.1, 0.15) is 0 Å². The molecule has 0 amide bonds. The molecule has 19 heavy (non-hydrogen) atoms. The summed E-state index contributed by atoms with van der Waals surface area (Å²) < 4.78 is 0.914. The van der Waals surface area contributed by atoms with Crippen LogP contribution in [0.15, 0.2) is 6.07 Å². The molecule has 0 bridgehead atoms. The first-order valence-corrected chi connectivity index (χ1v) is 8.86. The lowest BCUT2D eigenvalue weighted by Gasteiger charge is -2.41. The maximum atomic E-state index is 6.53. The third-order valence-electron chi connectivity index (χ3n) is 5.29. The van der Waals surface area contributed by atoms with Crippen molar-refractivity contribution in [2.24, 2.45) is 23.5 Å². The van der Waals surface area contributed by atoms with Crippen LogP contribution in [0.2, 0.25) is 4.34 Å². The third kappa shape index (κ3) is 2.86. The molecule has 1 aromatic rings. The van der Waals surface area contributed by atoms with E-state index in [2.05, 4.69) is 13.0 Å². The fourth-order valence-corrected chi connectivity index (χ4v) is 5.43. The summed E-state index contributed by atoms with van der Waals surface area (Å²) in [5, 5.41) is 0. The normalized spacial score (nSPS) is 32.9. The highest BCUT2D eigenvalue weighted by Crippen LogP contribution is 2.46. The van der Waals surface area contributed by atoms with Crippen LogP contribution in [0.5, 0.6) is 0 Å². The molecule has 2 aliphatic rings. The summed E-state index contributed by atoms with van der Waals surface area (Å²) in [4.78, 5) is 1.29. The van der Waals surface area contributed by atoms with Gasteiger partial charge in [-0.05, 0) is 55.6 Å². The van der Waals surface area contributed by atoms with Crippen LogP contribution in [0.3, 0.4) is 0 Å². The molecule has 0 aromatic carbocycles. The van der Waals surface area contributed by atoms with E-state index in [4.69, 9.17) is 17.3 Å². The summed E-state index contributed by atoms with van der Waals surface area (Å²) in [5.74, 6) is 2.63. The second-order valence-corrected chi connectivity index (χ2v) is 8.19. The number of hydrogen-bond donors (Lipinski definition) is 1. The number of thiophene rings is 1. The summed E-state index contributed by atoms with van der Waals surface area (Å²) in [7, 11) is 0. The molecular weight excluding hydrogens is 274 g/mol. The number of nitrogens with two attached hydrogens (primary N) is 1. The fourth-order valence-electron chi connectivity index (χ4n) is 4.12. The average molecular weight is 298 g/mol. The molecule has 3 rings (SSSR count). The van der Waals surface area contributed by atoms with Crippen LogP contribution in [0.25, 0.3) is 0 Å². The number of aryl methyl sites for hydroxylation is 1. The van der Waals surface area contributed by atoms with Crippen LogP contribution in [0.4, 0.5) is 0 Å². The lowest BCUT2D eigenvalue weighted by molar-refractivity contribution is 0.118. The van der Waals surface area contributed by atoms with Gasteiger partial charge in [-0.3, -0.25) is 0 Å². The molecule has 0 saturated heterocycles. The Labute approximate surface area is 125 Å². The quantitative estimate of drug-likeness (QED) is 0.786. The Morgan fingerprint density at radius 2 is 1.95 bits per heavy atom. The van der Waals surface area contributed by atoms with Gasteiger partial charge in [0.2, 0.25) is 0 Å². The monoisotopic (exact) mass is 297 g/mol. The van der Waals surface area contributed by atoms with E-state index in [1.165, 1.54) is 55.4 Å².